The Kier molecular flexibility index (Phi) is 5.74. The monoisotopic (exact) mass is 327 g/mol. The van der Waals surface area contributed by atoms with E-state index in [4.69, 9.17) is 4.74 Å². The molecule has 0 aliphatic carbocycles. The summed E-state index contributed by atoms with van der Waals surface area (Å²) in [6.45, 7) is 1.31. The summed E-state index contributed by atoms with van der Waals surface area (Å²) in [7, 11) is 1.83. The first-order chi connectivity index (χ1) is 8.42. The summed E-state index contributed by atoms with van der Waals surface area (Å²) in [6.07, 6.45) is -3.88. The van der Waals surface area contributed by atoms with Gasteiger partial charge in [0.25, 0.3) is 0 Å². The molecule has 0 fully saturated rings. The van der Waals surface area contributed by atoms with Crippen molar-refractivity contribution < 1.29 is 22.6 Å². The molecule has 0 saturated carbocycles. The van der Waals surface area contributed by atoms with Gasteiger partial charge < -0.3 is 14.8 Å². The molecule has 0 heterocycles. The van der Waals surface area contributed by atoms with Crippen LogP contribution in [0.15, 0.2) is 22.7 Å². The Bertz CT molecular complexity index is 385. The second kappa shape index (κ2) is 6.84. The topological polar surface area (TPSA) is 30.5 Å². The quantitative estimate of drug-likeness (QED) is 0.813. The lowest BCUT2D eigenvalue weighted by Gasteiger charge is -2.12. The van der Waals surface area contributed by atoms with Crippen LogP contribution >= 0.6 is 15.9 Å². The third-order valence-electron chi connectivity index (χ3n) is 1.97. The van der Waals surface area contributed by atoms with Gasteiger partial charge in [0.2, 0.25) is 0 Å². The number of ether oxygens (including phenoxy) is 2. The lowest BCUT2D eigenvalue weighted by Crippen LogP contribution is -2.17. The van der Waals surface area contributed by atoms with E-state index >= 15 is 0 Å². The van der Waals surface area contributed by atoms with Gasteiger partial charge >= 0.3 is 6.36 Å². The molecule has 0 aliphatic rings. The smallest absolute Gasteiger partial charge is 0.494 e. The maximum absolute atomic E-state index is 12.0. The molecule has 0 aliphatic heterocycles. The fourth-order valence-corrected chi connectivity index (χ4v) is 1.66. The number of nitrogens with one attached hydrogen (secondary N) is 1. The second-order valence-electron chi connectivity index (χ2n) is 3.45. The molecular weight excluding hydrogens is 315 g/mol. The van der Waals surface area contributed by atoms with Crippen molar-refractivity contribution in [2.45, 2.75) is 12.8 Å². The van der Waals surface area contributed by atoms with Gasteiger partial charge in [-0.2, -0.15) is 0 Å². The molecule has 1 aromatic carbocycles. The van der Waals surface area contributed by atoms with Crippen LogP contribution in [-0.2, 0) is 0 Å². The summed E-state index contributed by atoms with van der Waals surface area (Å²) in [6, 6.07) is 4.09. The summed E-state index contributed by atoms with van der Waals surface area (Å²) in [5.74, 6) is 0.206. The van der Waals surface area contributed by atoms with Gasteiger partial charge in [-0.05, 0) is 54.1 Å². The Balaban J connectivity index is 2.56. The van der Waals surface area contributed by atoms with Crippen LogP contribution in [0.4, 0.5) is 13.2 Å². The number of alkyl halides is 3. The molecule has 102 valence electrons. The second-order valence-corrected chi connectivity index (χ2v) is 4.30. The highest BCUT2D eigenvalue weighted by Crippen LogP contribution is 2.33. The Morgan fingerprint density at radius 3 is 2.61 bits per heavy atom. The number of benzene rings is 1. The highest BCUT2D eigenvalue weighted by atomic mass is 79.9. The maximum atomic E-state index is 12.0. The van der Waals surface area contributed by atoms with Gasteiger partial charge in [-0.3, -0.25) is 0 Å². The molecule has 0 amide bonds. The lowest BCUT2D eigenvalue weighted by atomic mass is 10.3. The molecule has 1 aromatic rings. The van der Waals surface area contributed by atoms with E-state index in [0.29, 0.717) is 12.4 Å². The van der Waals surface area contributed by atoms with Gasteiger partial charge in [-0.25, -0.2) is 0 Å². The lowest BCUT2D eigenvalue weighted by molar-refractivity contribution is -0.274. The first kappa shape index (κ1) is 15.1. The molecule has 7 heteroatoms. The molecule has 1 N–H and O–H groups in total. The van der Waals surface area contributed by atoms with Crippen molar-refractivity contribution in [1.29, 1.82) is 0 Å². The minimum Gasteiger partial charge on any atom is -0.494 e. The third kappa shape index (κ3) is 5.59. The van der Waals surface area contributed by atoms with Crippen molar-refractivity contribution in [3.05, 3.63) is 22.7 Å². The largest absolute Gasteiger partial charge is 0.573 e. The van der Waals surface area contributed by atoms with Crippen molar-refractivity contribution in [2.24, 2.45) is 0 Å². The third-order valence-corrected chi connectivity index (χ3v) is 2.59. The number of hydrogen-bond acceptors (Lipinski definition) is 3. The summed E-state index contributed by atoms with van der Waals surface area (Å²) >= 11 is 3.01. The van der Waals surface area contributed by atoms with Crippen LogP contribution in [0.3, 0.4) is 0 Å². The van der Waals surface area contributed by atoms with Crippen LogP contribution in [-0.4, -0.2) is 26.6 Å². The summed E-state index contributed by atoms with van der Waals surface area (Å²) in [5, 5.41) is 2.97. The molecular formula is C11H13BrF3NO2. The van der Waals surface area contributed by atoms with Gasteiger partial charge in [-0.1, -0.05) is 0 Å². The van der Waals surface area contributed by atoms with E-state index in [1.54, 1.807) is 0 Å². The Hall–Kier alpha value is -0.950. The number of rotatable bonds is 6. The predicted molar refractivity (Wildman–Crippen MR) is 64.9 cm³/mol. The minimum atomic E-state index is -4.70. The minimum absolute atomic E-state index is 0.200. The Morgan fingerprint density at radius 1 is 1.33 bits per heavy atom. The van der Waals surface area contributed by atoms with E-state index in [1.807, 2.05) is 7.05 Å². The predicted octanol–water partition coefficient (Wildman–Crippen LogP) is 3.34. The molecule has 18 heavy (non-hydrogen) atoms. The average Bonchev–Trinajstić information content (AvgIpc) is 2.26. The highest BCUT2D eigenvalue weighted by molar-refractivity contribution is 9.10. The van der Waals surface area contributed by atoms with Crippen molar-refractivity contribution in [3.63, 3.8) is 0 Å². The molecule has 0 spiro atoms. The Morgan fingerprint density at radius 2 is 2.06 bits per heavy atom. The first-order valence-electron chi connectivity index (χ1n) is 5.25. The van der Waals surface area contributed by atoms with Crippen molar-refractivity contribution in [1.82, 2.24) is 5.32 Å². The normalized spacial score (nSPS) is 11.4. The summed E-state index contributed by atoms with van der Waals surface area (Å²) in [5.41, 5.74) is 0. The summed E-state index contributed by atoms with van der Waals surface area (Å²) < 4.78 is 45.5. The summed E-state index contributed by atoms with van der Waals surface area (Å²) in [4.78, 5) is 0. The number of hydrogen-bond donors (Lipinski definition) is 1. The molecule has 0 aromatic heterocycles. The van der Waals surface area contributed by atoms with Gasteiger partial charge in [0, 0.05) is 0 Å². The molecule has 3 nitrogen and oxygen atoms in total. The standard InChI is InChI=1S/C11H13BrF3NO2/c1-16-5-2-6-17-8-3-4-10(9(12)7-8)18-11(13,14)15/h3-4,7,16H,2,5-6H2,1H3. The van der Waals surface area contributed by atoms with E-state index in [2.05, 4.69) is 26.0 Å². The molecule has 0 bridgehead atoms. The SMILES string of the molecule is CNCCCOc1ccc(OC(F)(F)F)c(Br)c1. The zero-order valence-electron chi connectivity index (χ0n) is 9.68. The van der Waals surface area contributed by atoms with Crippen molar-refractivity contribution >= 4 is 15.9 Å². The van der Waals surface area contributed by atoms with E-state index < -0.39 is 6.36 Å². The van der Waals surface area contributed by atoms with Crippen LogP contribution in [0, 0.1) is 0 Å². The van der Waals surface area contributed by atoms with Crippen molar-refractivity contribution in [2.75, 3.05) is 20.2 Å². The van der Waals surface area contributed by atoms with Crippen LogP contribution in [0.1, 0.15) is 6.42 Å². The molecule has 0 saturated heterocycles. The molecule has 0 atom stereocenters. The fourth-order valence-electron chi connectivity index (χ4n) is 1.22. The molecule has 0 unspecified atom stereocenters. The van der Waals surface area contributed by atoms with E-state index in [1.165, 1.54) is 18.2 Å². The van der Waals surface area contributed by atoms with E-state index in [-0.39, 0.29) is 10.2 Å². The molecule has 0 radical (unpaired) electrons. The number of halogens is 4. The van der Waals surface area contributed by atoms with Crippen molar-refractivity contribution in [3.8, 4) is 11.5 Å². The van der Waals surface area contributed by atoms with Gasteiger partial charge in [0.15, 0.2) is 0 Å². The van der Waals surface area contributed by atoms with Crippen LogP contribution in [0.25, 0.3) is 0 Å². The zero-order chi connectivity index (χ0) is 13.6. The van der Waals surface area contributed by atoms with Crippen LogP contribution in [0.5, 0.6) is 11.5 Å². The van der Waals surface area contributed by atoms with Crippen LogP contribution in [0.2, 0.25) is 0 Å². The van der Waals surface area contributed by atoms with Crippen LogP contribution < -0.4 is 14.8 Å². The van der Waals surface area contributed by atoms with Gasteiger partial charge in [-0.15, -0.1) is 13.2 Å². The zero-order valence-corrected chi connectivity index (χ0v) is 11.3. The first-order valence-corrected chi connectivity index (χ1v) is 6.04. The molecule has 1 rings (SSSR count). The maximum Gasteiger partial charge on any atom is 0.573 e. The Labute approximate surface area is 111 Å². The highest BCUT2D eigenvalue weighted by Gasteiger charge is 2.31. The van der Waals surface area contributed by atoms with E-state index in [9.17, 15) is 13.2 Å². The fraction of sp³-hybridized carbons (Fsp3) is 0.455. The van der Waals surface area contributed by atoms with E-state index in [0.717, 1.165) is 13.0 Å². The average molecular weight is 328 g/mol. The van der Waals surface area contributed by atoms with Gasteiger partial charge in [0.1, 0.15) is 11.5 Å². The van der Waals surface area contributed by atoms with Gasteiger partial charge in [0.05, 0.1) is 11.1 Å².